The molecule has 0 N–H and O–H groups in total. The molecule has 8 aromatic carbocycles. The highest BCUT2D eigenvalue weighted by molar-refractivity contribution is 6.18. The molecule has 3 heteroatoms. The van der Waals surface area contributed by atoms with Crippen LogP contribution in [-0.2, 0) is 0 Å². The van der Waals surface area contributed by atoms with E-state index >= 15 is 0 Å². The number of hydrogen-bond donors (Lipinski definition) is 0. The maximum atomic E-state index is 6.87. The van der Waals surface area contributed by atoms with Crippen molar-refractivity contribution in [2.24, 2.45) is 0 Å². The highest BCUT2D eigenvalue weighted by Crippen LogP contribution is 2.42. The fourth-order valence-electron chi connectivity index (χ4n) is 7.28. The first-order valence-corrected chi connectivity index (χ1v) is 17.2. The first-order valence-electron chi connectivity index (χ1n) is 17.2. The molecule has 10 rings (SSSR count). The van der Waals surface area contributed by atoms with Crippen LogP contribution in [0.25, 0.3) is 99.6 Å². The van der Waals surface area contributed by atoms with Gasteiger partial charge in [0.15, 0.2) is 5.82 Å². The van der Waals surface area contributed by atoms with Crippen molar-refractivity contribution in [1.82, 2.24) is 9.97 Å². The average molecular weight is 651 g/mol. The largest absolute Gasteiger partial charge is 0.455 e. The van der Waals surface area contributed by atoms with Crippen LogP contribution >= 0.6 is 0 Å². The van der Waals surface area contributed by atoms with Crippen LogP contribution in [0.15, 0.2) is 186 Å². The molecular weight excluding hydrogens is 621 g/mol. The molecule has 238 valence electrons. The van der Waals surface area contributed by atoms with Crippen molar-refractivity contribution in [2.75, 3.05) is 0 Å². The molecule has 0 fully saturated rings. The number of nitrogens with zero attached hydrogens (tertiary/aromatic N) is 2. The van der Waals surface area contributed by atoms with Crippen LogP contribution in [0, 0.1) is 0 Å². The number of furan rings is 1. The second-order valence-electron chi connectivity index (χ2n) is 13.0. The standard InChI is InChI=1S/C48H30N2O/c1-3-12-31(13-4-1)36-19-11-20-37(26-36)42-28-39(29-43-41-25-24-33-15-9-10-21-40(33)46(41)51-47(42)43)48-49-44(34-16-5-2-6-17-34)30-45(50-48)38-23-22-32-14-7-8-18-35(32)27-38/h1-30H. The van der Waals surface area contributed by atoms with Gasteiger partial charge in [0, 0.05) is 38.4 Å². The lowest BCUT2D eigenvalue weighted by Crippen LogP contribution is -1.96. The van der Waals surface area contributed by atoms with Crippen molar-refractivity contribution in [3.05, 3.63) is 182 Å². The molecule has 0 radical (unpaired) electrons. The predicted molar refractivity (Wildman–Crippen MR) is 212 cm³/mol. The Bertz CT molecular complexity index is 2910. The summed E-state index contributed by atoms with van der Waals surface area (Å²) in [7, 11) is 0. The summed E-state index contributed by atoms with van der Waals surface area (Å²) in [6, 6.07) is 63.8. The molecule has 0 aliphatic heterocycles. The molecule has 0 bridgehead atoms. The Morgan fingerprint density at radius 2 is 0.961 bits per heavy atom. The van der Waals surface area contributed by atoms with Crippen LogP contribution in [-0.4, -0.2) is 9.97 Å². The van der Waals surface area contributed by atoms with Crippen molar-refractivity contribution in [2.45, 2.75) is 0 Å². The Labute approximate surface area is 295 Å². The quantitative estimate of drug-likeness (QED) is 0.186. The van der Waals surface area contributed by atoms with Crippen LogP contribution < -0.4 is 0 Å². The molecule has 0 saturated heterocycles. The van der Waals surface area contributed by atoms with Crippen molar-refractivity contribution >= 4 is 43.5 Å². The number of fused-ring (bicyclic) bond motifs is 6. The van der Waals surface area contributed by atoms with Crippen molar-refractivity contribution in [1.29, 1.82) is 0 Å². The first-order chi connectivity index (χ1) is 25.2. The lowest BCUT2D eigenvalue weighted by molar-refractivity contribution is 0.674. The van der Waals surface area contributed by atoms with Gasteiger partial charge in [-0.3, -0.25) is 0 Å². The van der Waals surface area contributed by atoms with Gasteiger partial charge in [-0.1, -0.05) is 146 Å². The molecule has 2 heterocycles. The van der Waals surface area contributed by atoms with Gasteiger partial charge in [-0.25, -0.2) is 9.97 Å². The number of benzene rings is 8. The minimum Gasteiger partial charge on any atom is -0.455 e. The predicted octanol–water partition coefficient (Wildman–Crippen LogP) is 13.0. The third-order valence-corrected chi connectivity index (χ3v) is 9.84. The van der Waals surface area contributed by atoms with E-state index in [4.69, 9.17) is 14.4 Å². The van der Waals surface area contributed by atoms with E-state index in [1.165, 1.54) is 16.3 Å². The lowest BCUT2D eigenvalue weighted by atomic mass is 9.95. The number of hydrogen-bond acceptors (Lipinski definition) is 3. The van der Waals surface area contributed by atoms with Crippen molar-refractivity contribution in [3.63, 3.8) is 0 Å². The molecule has 0 amide bonds. The van der Waals surface area contributed by atoms with Gasteiger partial charge in [-0.15, -0.1) is 0 Å². The van der Waals surface area contributed by atoms with Gasteiger partial charge < -0.3 is 4.42 Å². The summed E-state index contributed by atoms with van der Waals surface area (Å²) in [6.07, 6.45) is 0. The van der Waals surface area contributed by atoms with E-state index in [-0.39, 0.29) is 0 Å². The Morgan fingerprint density at radius 1 is 0.314 bits per heavy atom. The average Bonchev–Trinajstić information content (AvgIpc) is 3.60. The fourth-order valence-corrected chi connectivity index (χ4v) is 7.28. The van der Waals surface area contributed by atoms with E-state index in [1.807, 2.05) is 6.07 Å². The summed E-state index contributed by atoms with van der Waals surface area (Å²) < 4.78 is 6.87. The molecule has 51 heavy (non-hydrogen) atoms. The van der Waals surface area contributed by atoms with E-state index in [1.54, 1.807) is 0 Å². The van der Waals surface area contributed by atoms with Gasteiger partial charge in [0.1, 0.15) is 11.2 Å². The molecule has 2 aromatic heterocycles. The zero-order valence-corrected chi connectivity index (χ0v) is 27.6. The van der Waals surface area contributed by atoms with Crippen LogP contribution in [0.4, 0.5) is 0 Å². The normalized spacial score (nSPS) is 11.5. The molecule has 0 aliphatic carbocycles. The Kier molecular flexibility index (Phi) is 6.81. The SMILES string of the molecule is c1ccc(-c2cccc(-c3cc(-c4nc(-c5ccccc5)cc(-c5ccc6ccccc6c5)n4)cc4c3oc3c5ccccc5ccc43)c2)cc1. The van der Waals surface area contributed by atoms with Crippen molar-refractivity contribution in [3.8, 4) is 56.2 Å². The Balaban J connectivity index is 1.25. The maximum absolute atomic E-state index is 6.87. The molecule has 0 atom stereocenters. The summed E-state index contributed by atoms with van der Waals surface area (Å²) in [5, 5.41) is 6.73. The Morgan fingerprint density at radius 3 is 1.78 bits per heavy atom. The lowest BCUT2D eigenvalue weighted by Gasteiger charge is -2.12. The number of aromatic nitrogens is 2. The van der Waals surface area contributed by atoms with Gasteiger partial charge in [-0.2, -0.15) is 0 Å². The summed E-state index contributed by atoms with van der Waals surface area (Å²) in [4.78, 5) is 10.5. The third kappa shape index (κ3) is 5.15. The van der Waals surface area contributed by atoms with E-state index < -0.39 is 0 Å². The fraction of sp³-hybridized carbons (Fsp3) is 0. The summed E-state index contributed by atoms with van der Waals surface area (Å²) in [6.45, 7) is 0. The summed E-state index contributed by atoms with van der Waals surface area (Å²) in [5.41, 5.74) is 10.9. The van der Waals surface area contributed by atoms with Gasteiger partial charge >= 0.3 is 0 Å². The van der Waals surface area contributed by atoms with Crippen molar-refractivity contribution < 1.29 is 4.42 Å². The second kappa shape index (κ2) is 11.9. The minimum absolute atomic E-state index is 0.664. The van der Waals surface area contributed by atoms with E-state index in [0.717, 1.165) is 77.5 Å². The first kappa shape index (κ1) is 29.1. The van der Waals surface area contributed by atoms with Gasteiger partial charge in [0.2, 0.25) is 0 Å². The van der Waals surface area contributed by atoms with E-state index in [2.05, 4.69) is 176 Å². The van der Waals surface area contributed by atoms with Gasteiger partial charge in [0.25, 0.3) is 0 Å². The van der Waals surface area contributed by atoms with E-state index in [0.29, 0.717) is 5.82 Å². The number of rotatable bonds is 5. The van der Waals surface area contributed by atoms with Crippen LogP contribution in [0.5, 0.6) is 0 Å². The maximum Gasteiger partial charge on any atom is 0.160 e. The smallest absolute Gasteiger partial charge is 0.160 e. The minimum atomic E-state index is 0.664. The molecule has 10 aromatic rings. The highest BCUT2D eigenvalue weighted by Gasteiger charge is 2.19. The summed E-state index contributed by atoms with van der Waals surface area (Å²) in [5.74, 6) is 0.664. The monoisotopic (exact) mass is 650 g/mol. The molecule has 0 aliphatic rings. The highest BCUT2D eigenvalue weighted by atomic mass is 16.3. The molecular formula is C48H30N2O. The van der Waals surface area contributed by atoms with Crippen LogP contribution in [0.1, 0.15) is 0 Å². The molecule has 0 spiro atoms. The summed E-state index contributed by atoms with van der Waals surface area (Å²) >= 11 is 0. The van der Waals surface area contributed by atoms with Crippen LogP contribution in [0.2, 0.25) is 0 Å². The topological polar surface area (TPSA) is 38.9 Å². The second-order valence-corrected chi connectivity index (χ2v) is 13.0. The van der Waals surface area contributed by atoms with E-state index in [9.17, 15) is 0 Å². The molecule has 3 nitrogen and oxygen atoms in total. The third-order valence-electron chi connectivity index (χ3n) is 9.84. The molecule has 0 unspecified atom stereocenters. The Hall–Kier alpha value is -6.84. The molecule has 0 saturated carbocycles. The zero-order valence-electron chi connectivity index (χ0n) is 27.6. The van der Waals surface area contributed by atoms with Gasteiger partial charge in [0.05, 0.1) is 11.4 Å². The zero-order chi connectivity index (χ0) is 33.7. The van der Waals surface area contributed by atoms with Crippen LogP contribution in [0.3, 0.4) is 0 Å². The van der Waals surface area contributed by atoms with Gasteiger partial charge in [-0.05, 0) is 69.2 Å².